The zero-order valence-corrected chi connectivity index (χ0v) is 17.9. The number of hydrogen-bond donors (Lipinski definition) is 2. The lowest BCUT2D eigenvalue weighted by Crippen LogP contribution is -2.38. The van der Waals surface area contributed by atoms with Gasteiger partial charge in [0.25, 0.3) is 17.1 Å². The van der Waals surface area contributed by atoms with Crippen LogP contribution in [0.5, 0.6) is 5.75 Å². The molecule has 0 atom stereocenters. The highest BCUT2D eigenvalue weighted by atomic mass is 32.2. The Bertz CT molecular complexity index is 1040. The van der Waals surface area contributed by atoms with Crippen LogP contribution in [0.25, 0.3) is 6.08 Å². The monoisotopic (exact) mass is 479 g/mol. The molecule has 2 heterocycles. The molecule has 3 rings (SSSR count). The van der Waals surface area contributed by atoms with Crippen LogP contribution in [0, 0.1) is 0 Å². The summed E-state index contributed by atoms with van der Waals surface area (Å²) in [6.45, 7) is -2.81. The summed E-state index contributed by atoms with van der Waals surface area (Å²) in [5.41, 5.74) is 0.534. The maximum Gasteiger partial charge on any atom is 0.387 e. The molecule has 9 nitrogen and oxygen atoms in total. The van der Waals surface area contributed by atoms with Crippen LogP contribution in [0.15, 0.2) is 52.0 Å². The predicted molar refractivity (Wildman–Crippen MR) is 114 cm³/mol. The molecule has 0 spiro atoms. The van der Waals surface area contributed by atoms with Crippen LogP contribution >= 0.6 is 11.8 Å². The topological polar surface area (TPSA) is 118 Å². The van der Waals surface area contributed by atoms with Gasteiger partial charge in [-0.1, -0.05) is 12.1 Å². The highest BCUT2D eigenvalue weighted by Crippen LogP contribution is 2.32. The number of carbonyl (C=O) groups is 4. The highest BCUT2D eigenvalue weighted by molar-refractivity contribution is 8.18. The summed E-state index contributed by atoms with van der Waals surface area (Å²) in [5, 5.41) is 4.63. The van der Waals surface area contributed by atoms with Gasteiger partial charge in [0.15, 0.2) is 5.76 Å². The molecular formula is C21H19F2N3O6S. The van der Waals surface area contributed by atoms with Gasteiger partial charge < -0.3 is 19.8 Å². The summed E-state index contributed by atoms with van der Waals surface area (Å²) in [4.78, 5) is 49.4. The van der Waals surface area contributed by atoms with Crippen molar-refractivity contribution in [3.05, 3.63) is 58.9 Å². The van der Waals surface area contributed by atoms with Gasteiger partial charge in [-0.15, -0.1) is 0 Å². The number of alkyl halides is 2. The fourth-order valence-electron chi connectivity index (χ4n) is 2.77. The van der Waals surface area contributed by atoms with Crippen LogP contribution in [0.3, 0.4) is 0 Å². The number of carbonyl (C=O) groups excluding carboxylic acids is 4. The maximum absolute atomic E-state index is 12.5. The number of nitrogens with zero attached hydrogens (tertiary/aromatic N) is 1. The summed E-state index contributed by atoms with van der Waals surface area (Å²) < 4.78 is 33.6. The molecule has 0 bridgehead atoms. The van der Waals surface area contributed by atoms with E-state index in [1.54, 1.807) is 6.07 Å². The fourth-order valence-corrected chi connectivity index (χ4v) is 3.63. The van der Waals surface area contributed by atoms with Crippen LogP contribution in [-0.4, -0.2) is 54.1 Å². The van der Waals surface area contributed by atoms with Crippen LogP contribution in [-0.2, 0) is 9.59 Å². The molecule has 1 aromatic carbocycles. The van der Waals surface area contributed by atoms with Crippen molar-refractivity contribution in [3.8, 4) is 5.75 Å². The van der Waals surface area contributed by atoms with Crippen LogP contribution in [0.4, 0.5) is 13.6 Å². The Morgan fingerprint density at radius 1 is 1.12 bits per heavy atom. The lowest BCUT2D eigenvalue weighted by Gasteiger charge is -2.13. The minimum Gasteiger partial charge on any atom is -0.459 e. The number of imide groups is 1. The quantitative estimate of drug-likeness (QED) is 0.503. The second-order valence-corrected chi connectivity index (χ2v) is 7.61. The van der Waals surface area contributed by atoms with Gasteiger partial charge >= 0.3 is 6.61 Å². The number of furan rings is 1. The molecule has 0 saturated carbocycles. The number of halogens is 2. The number of rotatable bonds is 10. The van der Waals surface area contributed by atoms with Gasteiger partial charge in [-0.3, -0.25) is 24.1 Å². The number of thioether (sulfide) groups is 1. The molecule has 1 aliphatic heterocycles. The Kier molecular flexibility index (Phi) is 8.19. The highest BCUT2D eigenvalue weighted by Gasteiger charge is 2.34. The molecule has 0 aliphatic carbocycles. The average molecular weight is 479 g/mol. The van der Waals surface area contributed by atoms with E-state index in [4.69, 9.17) is 4.42 Å². The van der Waals surface area contributed by atoms with E-state index in [1.807, 2.05) is 0 Å². The van der Waals surface area contributed by atoms with E-state index < -0.39 is 23.7 Å². The van der Waals surface area contributed by atoms with Gasteiger partial charge in [0.05, 0.1) is 11.2 Å². The summed E-state index contributed by atoms with van der Waals surface area (Å²) in [5.74, 6) is -1.19. The third kappa shape index (κ3) is 6.91. The van der Waals surface area contributed by atoms with Crippen LogP contribution < -0.4 is 15.4 Å². The Morgan fingerprint density at radius 2 is 1.88 bits per heavy atom. The van der Waals surface area contributed by atoms with Crippen LogP contribution in [0.1, 0.15) is 22.5 Å². The molecule has 174 valence electrons. The lowest BCUT2D eigenvalue weighted by atomic mass is 10.2. The molecule has 12 heteroatoms. The first-order chi connectivity index (χ1) is 15.8. The van der Waals surface area contributed by atoms with Gasteiger partial charge in [-0.25, -0.2) is 0 Å². The van der Waals surface area contributed by atoms with E-state index in [2.05, 4.69) is 15.4 Å². The molecule has 1 fully saturated rings. The Balaban J connectivity index is 1.42. The fraction of sp³-hybridized carbons (Fsp3) is 0.238. The minimum atomic E-state index is -2.94. The molecular weight excluding hydrogens is 460 g/mol. The third-order valence-electron chi connectivity index (χ3n) is 4.32. The Hall–Kier alpha value is -3.67. The number of amides is 4. The Morgan fingerprint density at radius 3 is 2.55 bits per heavy atom. The van der Waals surface area contributed by atoms with E-state index in [0.29, 0.717) is 5.56 Å². The molecule has 4 amide bonds. The van der Waals surface area contributed by atoms with Crippen LogP contribution in [0.2, 0.25) is 0 Å². The first-order valence-electron chi connectivity index (χ1n) is 9.72. The summed E-state index contributed by atoms with van der Waals surface area (Å²) >= 11 is 0.744. The minimum absolute atomic E-state index is 0.0134. The van der Waals surface area contributed by atoms with E-state index in [-0.39, 0.29) is 48.4 Å². The van der Waals surface area contributed by atoms with E-state index in [1.165, 1.54) is 42.7 Å². The molecule has 1 aromatic heterocycles. The molecule has 33 heavy (non-hydrogen) atoms. The van der Waals surface area contributed by atoms with Gasteiger partial charge in [0.2, 0.25) is 5.91 Å². The SMILES string of the molecule is O=C(CCNC(=O)c1ccco1)NCCN1C(=O)S/C(=C\c2ccc(OC(F)F)cc2)C1=O. The van der Waals surface area contributed by atoms with Gasteiger partial charge in [0, 0.05) is 26.1 Å². The van der Waals surface area contributed by atoms with Gasteiger partial charge in [-0.05, 0) is 47.7 Å². The average Bonchev–Trinajstić information content (AvgIpc) is 3.39. The molecule has 1 saturated heterocycles. The van der Waals surface area contributed by atoms with Crippen molar-refractivity contribution in [2.45, 2.75) is 13.0 Å². The zero-order valence-electron chi connectivity index (χ0n) is 17.1. The molecule has 2 aromatic rings. The molecule has 2 N–H and O–H groups in total. The van der Waals surface area contributed by atoms with E-state index in [9.17, 15) is 28.0 Å². The van der Waals surface area contributed by atoms with Crippen molar-refractivity contribution >= 4 is 40.8 Å². The van der Waals surface area contributed by atoms with Crippen molar-refractivity contribution in [1.29, 1.82) is 0 Å². The molecule has 0 unspecified atom stereocenters. The summed E-state index contributed by atoms with van der Waals surface area (Å²) in [7, 11) is 0. The third-order valence-corrected chi connectivity index (χ3v) is 5.22. The zero-order chi connectivity index (χ0) is 23.8. The van der Waals surface area contributed by atoms with Crippen molar-refractivity contribution in [2.24, 2.45) is 0 Å². The van der Waals surface area contributed by atoms with Crippen molar-refractivity contribution in [1.82, 2.24) is 15.5 Å². The van der Waals surface area contributed by atoms with Crippen molar-refractivity contribution < 1.29 is 37.1 Å². The van der Waals surface area contributed by atoms with E-state index in [0.717, 1.165) is 16.7 Å². The molecule has 0 radical (unpaired) electrons. The largest absolute Gasteiger partial charge is 0.459 e. The van der Waals surface area contributed by atoms with Crippen molar-refractivity contribution in [2.75, 3.05) is 19.6 Å². The number of ether oxygens (including phenoxy) is 1. The number of hydrogen-bond acceptors (Lipinski definition) is 7. The van der Waals surface area contributed by atoms with Gasteiger partial charge in [0.1, 0.15) is 5.75 Å². The van der Waals surface area contributed by atoms with Crippen molar-refractivity contribution in [3.63, 3.8) is 0 Å². The smallest absolute Gasteiger partial charge is 0.387 e. The maximum atomic E-state index is 12.5. The number of nitrogens with one attached hydrogen (secondary N) is 2. The summed E-state index contributed by atoms with van der Waals surface area (Å²) in [6, 6.07) is 8.69. The Labute approximate surface area is 191 Å². The first-order valence-corrected chi connectivity index (χ1v) is 10.5. The standard InChI is InChI=1S/C21H19F2N3O6S/c22-20(23)32-14-5-3-13(4-6-14)12-16-19(29)26(21(30)33-16)10-9-24-17(27)7-8-25-18(28)15-2-1-11-31-15/h1-6,11-12,20H,7-10H2,(H,24,27)(H,25,28)/b16-12-. The lowest BCUT2D eigenvalue weighted by molar-refractivity contribution is -0.124. The summed E-state index contributed by atoms with van der Waals surface area (Å²) in [6.07, 6.45) is 2.85. The second-order valence-electron chi connectivity index (χ2n) is 6.61. The predicted octanol–water partition coefficient (Wildman–Crippen LogP) is 2.85. The number of benzene rings is 1. The molecule has 1 aliphatic rings. The van der Waals surface area contributed by atoms with Gasteiger partial charge in [-0.2, -0.15) is 8.78 Å². The first kappa shape index (κ1) is 24.0. The normalized spacial score (nSPS) is 14.8. The van der Waals surface area contributed by atoms with E-state index >= 15 is 0 Å². The second kappa shape index (κ2) is 11.3.